The number of hydrogen-bond acceptors (Lipinski definition) is 3. The lowest BCUT2D eigenvalue weighted by Crippen LogP contribution is -2.42. The molecule has 5 heteroatoms. The van der Waals surface area contributed by atoms with Crippen molar-refractivity contribution in [2.75, 3.05) is 0 Å². The van der Waals surface area contributed by atoms with Crippen molar-refractivity contribution < 1.29 is 17.6 Å². The topological polar surface area (TPSA) is 43.4 Å². The Balaban J connectivity index is 0.000000225. The summed E-state index contributed by atoms with van der Waals surface area (Å²) in [7, 11) is 0. The summed E-state index contributed by atoms with van der Waals surface area (Å²) in [6.07, 6.45) is 9.39. The average molecular weight is 254 g/mol. The van der Waals surface area contributed by atoms with Gasteiger partial charge in [-0.05, 0) is 24.3 Å². The van der Waals surface area contributed by atoms with E-state index in [4.69, 9.17) is 0 Å². The lowest BCUT2D eigenvalue weighted by Gasteiger charge is -2.31. The summed E-state index contributed by atoms with van der Waals surface area (Å²) < 4.78 is 35.5. The predicted octanol–water partition coefficient (Wildman–Crippen LogP) is 3.13. The van der Waals surface area contributed by atoms with Gasteiger partial charge >= 0.3 is 5.82 Å². The van der Waals surface area contributed by atoms with E-state index in [1.165, 1.54) is 24.7 Å². The van der Waals surface area contributed by atoms with Crippen LogP contribution in [0.15, 0.2) is 75.8 Å². The van der Waals surface area contributed by atoms with Gasteiger partial charge in [0.1, 0.15) is 12.5 Å². The van der Waals surface area contributed by atoms with Crippen LogP contribution in [-0.4, -0.2) is 11.3 Å². The van der Waals surface area contributed by atoms with Crippen LogP contribution in [0.5, 0.6) is 0 Å². The van der Waals surface area contributed by atoms with E-state index >= 15 is 0 Å². The third-order valence-corrected chi connectivity index (χ3v) is 2.35. The summed E-state index contributed by atoms with van der Waals surface area (Å²) in [4.78, 5) is 9.74. The molecule has 0 radical (unpaired) electrons. The number of halogens is 2. The Kier molecular flexibility index (Phi) is 4.20. The van der Waals surface area contributed by atoms with Crippen LogP contribution in [0.2, 0.25) is 0 Å². The predicted molar refractivity (Wildman–Crippen MR) is 63.6 cm³/mol. The SMILES string of the molecule is C=CC1(F)C=CC=CC1(F)C=C.O=c1occo1. The fraction of sp³-hybridized carbons (Fsp3) is 0.154. The van der Waals surface area contributed by atoms with E-state index in [-0.39, 0.29) is 0 Å². The van der Waals surface area contributed by atoms with E-state index in [0.29, 0.717) is 0 Å². The van der Waals surface area contributed by atoms with E-state index in [2.05, 4.69) is 22.0 Å². The molecule has 1 aliphatic carbocycles. The van der Waals surface area contributed by atoms with Gasteiger partial charge < -0.3 is 8.83 Å². The second-order valence-electron chi connectivity index (χ2n) is 3.42. The first-order valence-corrected chi connectivity index (χ1v) is 5.02. The molecule has 0 aromatic carbocycles. The zero-order valence-corrected chi connectivity index (χ0v) is 9.51. The van der Waals surface area contributed by atoms with Crippen molar-refractivity contribution in [3.63, 3.8) is 0 Å². The highest BCUT2D eigenvalue weighted by molar-refractivity contribution is 5.38. The maximum atomic E-state index is 13.6. The maximum absolute atomic E-state index is 13.6. The molecule has 96 valence electrons. The van der Waals surface area contributed by atoms with Crippen LogP contribution in [0.4, 0.5) is 8.78 Å². The largest absolute Gasteiger partial charge is 0.518 e. The van der Waals surface area contributed by atoms with Gasteiger partial charge in [0, 0.05) is 0 Å². The number of hydrogen-bond donors (Lipinski definition) is 0. The summed E-state index contributed by atoms with van der Waals surface area (Å²) in [5.41, 5.74) is -4.33. The molecule has 18 heavy (non-hydrogen) atoms. The highest BCUT2D eigenvalue weighted by atomic mass is 19.2. The molecule has 0 saturated heterocycles. The zero-order chi connectivity index (χ0) is 13.6. The summed E-state index contributed by atoms with van der Waals surface area (Å²) in [6.45, 7) is 6.50. The van der Waals surface area contributed by atoms with Gasteiger partial charge in [0.2, 0.25) is 0 Å². The fourth-order valence-corrected chi connectivity index (χ4v) is 1.29. The molecular formula is C13H12F2O3. The molecule has 0 N–H and O–H groups in total. The van der Waals surface area contributed by atoms with E-state index < -0.39 is 17.2 Å². The first kappa shape index (κ1) is 13.9. The van der Waals surface area contributed by atoms with Crippen molar-refractivity contribution in [2.24, 2.45) is 0 Å². The molecule has 0 spiro atoms. The number of alkyl halides is 2. The van der Waals surface area contributed by atoms with Crippen molar-refractivity contribution in [3.05, 3.63) is 72.8 Å². The Bertz CT molecular complexity index is 482. The number of allylic oxidation sites excluding steroid dienone is 6. The second-order valence-corrected chi connectivity index (χ2v) is 3.42. The second kappa shape index (κ2) is 5.44. The smallest absolute Gasteiger partial charge is 0.399 e. The first-order valence-electron chi connectivity index (χ1n) is 5.02. The highest BCUT2D eigenvalue weighted by Gasteiger charge is 2.46. The molecule has 1 aromatic heterocycles. The minimum atomic E-state index is -2.16. The van der Waals surface area contributed by atoms with Crippen molar-refractivity contribution in [1.82, 2.24) is 0 Å². The van der Waals surface area contributed by atoms with Crippen LogP contribution in [0.25, 0.3) is 0 Å². The van der Waals surface area contributed by atoms with Gasteiger partial charge in [0.15, 0.2) is 11.3 Å². The molecule has 0 bridgehead atoms. The molecule has 2 rings (SSSR count). The minimum Gasteiger partial charge on any atom is -0.399 e. The lowest BCUT2D eigenvalue weighted by atomic mass is 9.83. The van der Waals surface area contributed by atoms with E-state index in [1.54, 1.807) is 0 Å². The third-order valence-electron chi connectivity index (χ3n) is 2.35. The Morgan fingerprint density at radius 2 is 1.39 bits per heavy atom. The van der Waals surface area contributed by atoms with Gasteiger partial charge in [0.05, 0.1) is 0 Å². The van der Waals surface area contributed by atoms with Gasteiger partial charge in [-0.2, -0.15) is 0 Å². The lowest BCUT2D eigenvalue weighted by molar-refractivity contribution is 0.110. The highest BCUT2D eigenvalue weighted by Crippen LogP contribution is 2.37. The molecule has 0 fully saturated rings. The molecular weight excluding hydrogens is 242 g/mol. The molecule has 0 amide bonds. The first-order chi connectivity index (χ1) is 8.47. The van der Waals surface area contributed by atoms with Gasteiger partial charge in [0.25, 0.3) is 0 Å². The Labute approximate surface area is 102 Å². The fourth-order valence-electron chi connectivity index (χ4n) is 1.29. The average Bonchev–Trinajstić information content (AvgIpc) is 2.85. The molecule has 2 atom stereocenters. The number of rotatable bonds is 2. The molecule has 3 nitrogen and oxygen atoms in total. The molecule has 1 aromatic rings. The van der Waals surface area contributed by atoms with Crippen LogP contribution < -0.4 is 5.82 Å². The Hall–Kier alpha value is -2.17. The van der Waals surface area contributed by atoms with E-state index in [1.807, 2.05) is 0 Å². The van der Waals surface area contributed by atoms with Crippen molar-refractivity contribution in [3.8, 4) is 0 Å². The van der Waals surface area contributed by atoms with Crippen LogP contribution >= 0.6 is 0 Å². The third kappa shape index (κ3) is 2.74. The van der Waals surface area contributed by atoms with Gasteiger partial charge in [-0.25, -0.2) is 13.6 Å². The Morgan fingerprint density at radius 1 is 1.00 bits per heavy atom. The summed E-state index contributed by atoms with van der Waals surface area (Å²) in [6, 6.07) is 0. The van der Waals surface area contributed by atoms with Crippen LogP contribution in [0.3, 0.4) is 0 Å². The standard InChI is InChI=1S/C10H10F2.C3H2O3/c1-3-9(11)7-5-6-8-10(9,12)4-2;4-3-5-1-2-6-3/h3-8H,1-2H2;1-2H. The van der Waals surface area contributed by atoms with E-state index in [0.717, 1.165) is 24.3 Å². The molecule has 2 unspecified atom stereocenters. The molecule has 0 aliphatic heterocycles. The van der Waals surface area contributed by atoms with Crippen molar-refractivity contribution >= 4 is 0 Å². The summed E-state index contributed by atoms with van der Waals surface area (Å²) >= 11 is 0. The van der Waals surface area contributed by atoms with Gasteiger partial charge in [-0.15, -0.1) is 0 Å². The Morgan fingerprint density at radius 3 is 1.61 bits per heavy atom. The maximum Gasteiger partial charge on any atom is 0.518 e. The summed E-state index contributed by atoms with van der Waals surface area (Å²) in [5.74, 6) is -0.657. The minimum absolute atomic E-state index is 0.657. The monoisotopic (exact) mass is 254 g/mol. The molecule has 1 aliphatic rings. The quantitative estimate of drug-likeness (QED) is 0.761. The van der Waals surface area contributed by atoms with Gasteiger partial charge in [-0.3, -0.25) is 0 Å². The van der Waals surface area contributed by atoms with Gasteiger partial charge in [-0.1, -0.05) is 25.3 Å². The normalized spacial score (nSPS) is 29.2. The van der Waals surface area contributed by atoms with Crippen molar-refractivity contribution in [2.45, 2.75) is 11.3 Å². The molecule has 1 heterocycles. The summed E-state index contributed by atoms with van der Waals surface area (Å²) in [5, 5.41) is 0. The van der Waals surface area contributed by atoms with Crippen LogP contribution in [-0.2, 0) is 0 Å². The molecule has 0 saturated carbocycles. The zero-order valence-electron chi connectivity index (χ0n) is 9.51. The van der Waals surface area contributed by atoms with E-state index in [9.17, 15) is 13.6 Å². The van der Waals surface area contributed by atoms with Crippen molar-refractivity contribution in [1.29, 1.82) is 0 Å². The van der Waals surface area contributed by atoms with Crippen LogP contribution in [0.1, 0.15) is 0 Å². The van der Waals surface area contributed by atoms with Crippen LogP contribution in [0, 0.1) is 0 Å².